The number of hydrogen-bond acceptors (Lipinski definition) is 0. The Morgan fingerprint density at radius 2 is 0.515 bits per heavy atom. The van der Waals surface area contributed by atoms with Gasteiger partial charge in [0.25, 0.3) is 0 Å². The minimum Gasteiger partial charge on any atom is -0.0622 e. The van der Waals surface area contributed by atoms with Crippen LogP contribution in [0.2, 0.25) is 0 Å². The second kappa shape index (κ2) is 8.67. The van der Waals surface area contributed by atoms with Gasteiger partial charge in [-0.15, -0.1) is 0 Å². The molecule has 0 radical (unpaired) electrons. The highest BCUT2D eigenvalue weighted by molar-refractivity contribution is 5.50. The third-order valence-electron chi connectivity index (χ3n) is 7.58. The van der Waals surface area contributed by atoms with Gasteiger partial charge in [0.2, 0.25) is 0 Å². The van der Waals surface area contributed by atoms with Gasteiger partial charge in [-0.2, -0.15) is 0 Å². The van der Waals surface area contributed by atoms with Crippen molar-refractivity contribution in [1.82, 2.24) is 0 Å². The highest BCUT2D eigenvalue weighted by Crippen LogP contribution is 2.41. The van der Waals surface area contributed by atoms with Crippen LogP contribution in [0, 0.1) is 0 Å². The van der Waals surface area contributed by atoms with Crippen LogP contribution in [0.15, 0.2) is 109 Å². The zero-order valence-corrected chi connectivity index (χ0v) is 20.9. The van der Waals surface area contributed by atoms with Crippen LogP contribution in [0.25, 0.3) is 0 Å². The quantitative estimate of drug-likeness (QED) is 0.286. The average molecular weight is 433 g/mol. The molecule has 0 nitrogen and oxygen atoms in total. The van der Waals surface area contributed by atoms with Crippen molar-refractivity contribution >= 4 is 0 Å². The summed E-state index contributed by atoms with van der Waals surface area (Å²) < 4.78 is 0. The SMILES string of the molecule is CC(C)(c1ccccc1)c1cc(C(C)(C)c2ccccc2)cc(C(C)(C)c2ccccc2)c1. The molecule has 0 amide bonds. The minimum absolute atomic E-state index is 0.106. The lowest BCUT2D eigenvalue weighted by molar-refractivity contribution is 0.595. The van der Waals surface area contributed by atoms with E-state index >= 15 is 0 Å². The normalized spacial score (nSPS) is 12.5. The van der Waals surface area contributed by atoms with Gasteiger partial charge >= 0.3 is 0 Å². The van der Waals surface area contributed by atoms with Crippen LogP contribution in [0.1, 0.15) is 74.9 Å². The Hall–Kier alpha value is -3.12. The van der Waals surface area contributed by atoms with E-state index in [1.807, 2.05) is 0 Å². The lowest BCUT2D eigenvalue weighted by atomic mass is 9.69. The van der Waals surface area contributed by atoms with Crippen molar-refractivity contribution in [1.29, 1.82) is 0 Å². The van der Waals surface area contributed by atoms with Crippen molar-refractivity contribution in [2.24, 2.45) is 0 Å². The number of hydrogen-bond donors (Lipinski definition) is 0. The molecular formula is C33H36. The third-order valence-corrected chi connectivity index (χ3v) is 7.58. The maximum atomic E-state index is 2.44. The summed E-state index contributed by atoms with van der Waals surface area (Å²) in [6.45, 7) is 14.1. The van der Waals surface area contributed by atoms with Gasteiger partial charge in [-0.1, -0.05) is 151 Å². The second-order valence-electron chi connectivity index (χ2n) is 10.8. The fourth-order valence-corrected chi connectivity index (χ4v) is 4.77. The van der Waals surface area contributed by atoms with E-state index in [1.54, 1.807) is 0 Å². The molecule has 33 heavy (non-hydrogen) atoms. The second-order valence-corrected chi connectivity index (χ2v) is 10.8. The fraction of sp³-hybridized carbons (Fsp3) is 0.273. The lowest BCUT2D eigenvalue weighted by Crippen LogP contribution is -2.26. The number of rotatable bonds is 6. The summed E-state index contributed by atoms with van der Waals surface area (Å²) in [6, 6.07) is 39.9. The molecule has 0 saturated heterocycles. The fourth-order valence-electron chi connectivity index (χ4n) is 4.77. The molecule has 0 spiro atoms. The zero-order valence-electron chi connectivity index (χ0n) is 20.9. The summed E-state index contributed by atoms with van der Waals surface area (Å²) in [4.78, 5) is 0. The van der Waals surface area contributed by atoms with E-state index in [2.05, 4.69) is 151 Å². The molecule has 0 heterocycles. The molecule has 0 saturated carbocycles. The Labute approximate surface area is 200 Å². The molecule has 0 aliphatic carbocycles. The van der Waals surface area contributed by atoms with E-state index in [4.69, 9.17) is 0 Å². The standard InChI is InChI=1S/C33H36/c1-31(2,25-16-10-7-11-17-25)28-22-29(32(3,4)26-18-12-8-13-19-26)24-30(23-28)33(5,6)27-20-14-9-15-21-27/h7-24H,1-6H3. The van der Waals surface area contributed by atoms with E-state index in [1.165, 1.54) is 33.4 Å². The van der Waals surface area contributed by atoms with Crippen molar-refractivity contribution in [2.45, 2.75) is 57.8 Å². The summed E-state index contributed by atoms with van der Waals surface area (Å²) in [6.07, 6.45) is 0. The van der Waals surface area contributed by atoms with Gasteiger partial charge < -0.3 is 0 Å². The van der Waals surface area contributed by atoms with Crippen molar-refractivity contribution < 1.29 is 0 Å². The molecule has 0 bridgehead atoms. The third kappa shape index (κ3) is 4.40. The lowest BCUT2D eigenvalue weighted by Gasteiger charge is -2.35. The molecule has 0 unspecified atom stereocenters. The summed E-state index contributed by atoms with van der Waals surface area (Å²) >= 11 is 0. The average Bonchev–Trinajstić information content (AvgIpc) is 2.85. The maximum absolute atomic E-state index is 2.44. The largest absolute Gasteiger partial charge is 0.0622 e. The first-order chi connectivity index (χ1) is 15.6. The van der Waals surface area contributed by atoms with Gasteiger partial charge in [0.05, 0.1) is 0 Å². The molecule has 4 aromatic rings. The Bertz CT molecular complexity index is 1030. The van der Waals surface area contributed by atoms with Crippen LogP contribution in [-0.4, -0.2) is 0 Å². The van der Waals surface area contributed by atoms with Gasteiger partial charge in [-0.25, -0.2) is 0 Å². The molecule has 4 rings (SSSR count). The van der Waals surface area contributed by atoms with Gasteiger partial charge in [0.15, 0.2) is 0 Å². The summed E-state index contributed by atoms with van der Waals surface area (Å²) in [5.74, 6) is 0. The Kier molecular flexibility index (Phi) is 6.06. The molecule has 0 N–H and O–H groups in total. The molecule has 0 fully saturated rings. The molecule has 0 aromatic heterocycles. The van der Waals surface area contributed by atoms with Crippen molar-refractivity contribution in [2.75, 3.05) is 0 Å². The molecule has 0 aliphatic heterocycles. The van der Waals surface area contributed by atoms with E-state index < -0.39 is 0 Å². The molecule has 0 heteroatoms. The molecular weight excluding hydrogens is 396 g/mol. The maximum Gasteiger partial charge on any atom is 0.0146 e. The topological polar surface area (TPSA) is 0 Å². The predicted octanol–water partition coefficient (Wildman–Crippen LogP) is 8.66. The van der Waals surface area contributed by atoms with Crippen molar-refractivity contribution in [3.63, 3.8) is 0 Å². The van der Waals surface area contributed by atoms with E-state index in [-0.39, 0.29) is 16.2 Å². The van der Waals surface area contributed by atoms with Crippen molar-refractivity contribution in [3.8, 4) is 0 Å². The Morgan fingerprint density at radius 3 is 0.727 bits per heavy atom. The van der Waals surface area contributed by atoms with Gasteiger partial charge in [0, 0.05) is 16.2 Å². The highest BCUT2D eigenvalue weighted by Gasteiger charge is 2.32. The van der Waals surface area contributed by atoms with Crippen LogP contribution in [-0.2, 0) is 16.2 Å². The first-order valence-electron chi connectivity index (χ1n) is 12.0. The molecule has 0 aliphatic rings. The first kappa shape index (κ1) is 23.1. The van der Waals surface area contributed by atoms with Crippen LogP contribution in [0.5, 0.6) is 0 Å². The van der Waals surface area contributed by atoms with Crippen LogP contribution < -0.4 is 0 Å². The first-order valence-corrected chi connectivity index (χ1v) is 12.0. The van der Waals surface area contributed by atoms with Gasteiger partial charge in [-0.3, -0.25) is 0 Å². The van der Waals surface area contributed by atoms with E-state index in [0.29, 0.717) is 0 Å². The monoisotopic (exact) mass is 432 g/mol. The van der Waals surface area contributed by atoms with Crippen LogP contribution in [0.3, 0.4) is 0 Å². The van der Waals surface area contributed by atoms with Crippen molar-refractivity contribution in [3.05, 3.63) is 143 Å². The predicted molar refractivity (Wildman–Crippen MR) is 142 cm³/mol. The van der Waals surface area contributed by atoms with Crippen LogP contribution in [0.4, 0.5) is 0 Å². The smallest absolute Gasteiger partial charge is 0.0146 e. The summed E-state index contributed by atoms with van der Waals surface area (Å²) in [5, 5.41) is 0. The number of benzene rings is 4. The highest BCUT2D eigenvalue weighted by atomic mass is 14.4. The zero-order chi connectivity index (χ0) is 23.7. The van der Waals surface area contributed by atoms with Gasteiger partial charge in [-0.05, 0) is 33.4 Å². The van der Waals surface area contributed by atoms with E-state index in [9.17, 15) is 0 Å². The minimum atomic E-state index is -0.106. The molecule has 4 aromatic carbocycles. The molecule has 168 valence electrons. The Balaban J connectivity index is 1.95. The Morgan fingerprint density at radius 1 is 0.303 bits per heavy atom. The summed E-state index contributed by atoms with van der Waals surface area (Å²) in [7, 11) is 0. The molecule has 0 atom stereocenters. The van der Waals surface area contributed by atoms with Gasteiger partial charge in [0.1, 0.15) is 0 Å². The van der Waals surface area contributed by atoms with E-state index in [0.717, 1.165) is 0 Å². The summed E-state index contributed by atoms with van der Waals surface area (Å²) in [5.41, 5.74) is 7.76. The van der Waals surface area contributed by atoms with Crippen LogP contribution >= 0.6 is 0 Å².